The monoisotopic (exact) mass is 333 g/mol. The molecule has 0 aliphatic heterocycles. The molecule has 2 N–H and O–H groups in total. The molecule has 2 rings (SSSR count). The van der Waals surface area contributed by atoms with Gasteiger partial charge in [-0.25, -0.2) is 8.42 Å². The topological polar surface area (TPSA) is 83.5 Å². The Kier molecular flexibility index (Phi) is 5.05. The molecule has 0 aliphatic rings. The van der Waals surface area contributed by atoms with Crippen LogP contribution in [0.3, 0.4) is 0 Å². The third-order valence-corrected chi connectivity index (χ3v) is 5.16. The van der Waals surface area contributed by atoms with Crippen LogP contribution in [-0.4, -0.2) is 19.5 Å². The molecule has 0 fully saturated rings. The molecule has 0 heterocycles. The number of benzene rings is 2. The second kappa shape index (κ2) is 6.83. The molecule has 2 aromatic rings. The van der Waals surface area contributed by atoms with Gasteiger partial charge in [0.2, 0.25) is 0 Å². The fraction of sp³-hybridized carbons (Fsp3) is 0.235. The first-order chi connectivity index (χ1) is 10.8. The number of carboxylic acid groups (broad SMARTS) is 1. The molecule has 2 aromatic carbocycles. The summed E-state index contributed by atoms with van der Waals surface area (Å²) >= 11 is 0. The molecule has 0 aliphatic carbocycles. The second-order valence-electron chi connectivity index (χ2n) is 5.25. The van der Waals surface area contributed by atoms with Crippen LogP contribution in [0.15, 0.2) is 53.4 Å². The summed E-state index contributed by atoms with van der Waals surface area (Å²) < 4.78 is 27.5. The molecule has 5 nitrogen and oxygen atoms in total. The van der Waals surface area contributed by atoms with Crippen LogP contribution in [0.5, 0.6) is 0 Å². The van der Waals surface area contributed by atoms with Gasteiger partial charge in [-0.05, 0) is 42.7 Å². The van der Waals surface area contributed by atoms with Crippen LogP contribution in [0.2, 0.25) is 0 Å². The quantitative estimate of drug-likeness (QED) is 0.850. The fourth-order valence-corrected chi connectivity index (χ4v) is 3.62. The summed E-state index contributed by atoms with van der Waals surface area (Å²) in [6.45, 7) is 3.48. The van der Waals surface area contributed by atoms with Crippen LogP contribution in [-0.2, 0) is 21.2 Å². The maximum atomic E-state index is 12.5. The molecule has 0 amide bonds. The predicted octanol–water partition coefficient (Wildman–Crippen LogP) is 3.24. The van der Waals surface area contributed by atoms with Gasteiger partial charge in [0.1, 0.15) is 0 Å². The molecule has 0 bridgehead atoms. The molecule has 1 atom stereocenters. The first-order valence-electron chi connectivity index (χ1n) is 7.28. The fourth-order valence-electron chi connectivity index (χ4n) is 2.25. The van der Waals surface area contributed by atoms with Crippen molar-refractivity contribution < 1.29 is 18.3 Å². The lowest BCUT2D eigenvalue weighted by atomic mass is 10.0. The molecule has 0 radical (unpaired) electrons. The highest BCUT2D eigenvalue weighted by Crippen LogP contribution is 2.22. The third kappa shape index (κ3) is 3.90. The second-order valence-corrected chi connectivity index (χ2v) is 6.90. The van der Waals surface area contributed by atoms with Gasteiger partial charge in [-0.3, -0.25) is 9.52 Å². The number of rotatable bonds is 6. The van der Waals surface area contributed by atoms with E-state index in [1.54, 1.807) is 55.5 Å². The van der Waals surface area contributed by atoms with E-state index in [0.29, 0.717) is 17.7 Å². The van der Waals surface area contributed by atoms with Gasteiger partial charge < -0.3 is 5.11 Å². The van der Waals surface area contributed by atoms with Gasteiger partial charge in [-0.15, -0.1) is 0 Å². The van der Waals surface area contributed by atoms with E-state index in [1.807, 2.05) is 6.92 Å². The van der Waals surface area contributed by atoms with Gasteiger partial charge in [-0.2, -0.15) is 0 Å². The third-order valence-electron chi connectivity index (χ3n) is 3.68. The van der Waals surface area contributed by atoms with Crippen LogP contribution in [0, 0.1) is 0 Å². The lowest BCUT2D eigenvalue weighted by Crippen LogP contribution is -2.15. The number of anilines is 1. The van der Waals surface area contributed by atoms with E-state index >= 15 is 0 Å². The van der Waals surface area contributed by atoms with Crippen molar-refractivity contribution in [1.82, 2.24) is 0 Å². The number of carboxylic acids is 1. The van der Waals surface area contributed by atoms with Crippen LogP contribution < -0.4 is 4.72 Å². The number of sulfonamides is 1. The lowest BCUT2D eigenvalue weighted by Gasteiger charge is -2.12. The molecule has 0 unspecified atom stereocenters. The van der Waals surface area contributed by atoms with Crippen LogP contribution in [0.1, 0.15) is 30.9 Å². The summed E-state index contributed by atoms with van der Waals surface area (Å²) in [6.07, 6.45) is 0.617. The Balaban J connectivity index is 2.26. The average Bonchev–Trinajstić information content (AvgIpc) is 2.54. The average molecular weight is 333 g/mol. The van der Waals surface area contributed by atoms with Crippen molar-refractivity contribution in [2.45, 2.75) is 31.1 Å². The minimum atomic E-state index is -3.67. The molecule has 0 spiro atoms. The Hall–Kier alpha value is -2.34. The smallest absolute Gasteiger partial charge is 0.310 e. The molecule has 0 saturated carbocycles. The Morgan fingerprint density at radius 2 is 1.74 bits per heavy atom. The van der Waals surface area contributed by atoms with E-state index in [0.717, 1.165) is 5.56 Å². The molecular formula is C17H19NO4S. The number of hydrogen-bond donors (Lipinski definition) is 2. The standard InChI is InChI=1S/C17H19NO4S/c1-3-13-6-4-5-7-16(13)23(21,22)18-15-10-8-14(9-11-15)12(2)17(19)20/h4-12,18H,3H2,1-2H3,(H,19,20)/t12-/m0/s1. The summed E-state index contributed by atoms with van der Waals surface area (Å²) in [5.74, 6) is -1.56. The van der Waals surface area contributed by atoms with Crippen molar-refractivity contribution >= 4 is 21.7 Å². The summed E-state index contributed by atoms with van der Waals surface area (Å²) in [5, 5.41) is 8.99. The highest BCUT2D eigenvalue weighted by molar-refractivity contribution is 7.92. The maximum Gasteiger partial charge on any atom is 0.310 e. The minimum Gasteiger partial charge on any atom is -0.481 e. The van der Waals surface area contributed by atoms with E-state index in [-0.39, 0.29) is 4.90 Å². The highest BCUT2D eigenvalue weighted by Gasteiger charge is 2.18. The van der Waals surface area contributed by atoms with E-state index in [9.17, 15) is 13.2 Å². The molecule has 0 aromatic heterocycles. The van der Waals surface area contributed by atoms with Crippen molar-refractivity contribution in [3.8, 4) is 0 Å². The van der Waals surface area contributed by atoms with Gasteiger partial charge in [0, 0.05) is 5.69 Å². The molecule has 6 heteroatoms. The largest absolute Gasteiger partial charge is 0.481 e. The molecule has 0 saturated heterocycles. The van der Waals surface area contributed by atoms with Crippen LogP contribution in [0.4, 0.5) is 5.69 Å². The number of nitrogens with one attached hydrogen (secondary N) is 1. The normalized spacial score (nSPS) is 12.6. The number of carbonyl (C=O) groups is 1. The van der Waals surface area contributed by atoms with Crippen molar-refractivity contribution in [3.05, 3.63) is 59.7 Å². The molecule has 23 heavy (non-hydrogen) atoms. The van der Waals surface area contributed by atoms with Gasteiger partial charge in [-0.1, -0.05) is 37.3 Å². The van der Waals surface area contributed by atoms with Gasteiger partial charge in [0.05, 0.1) is 10.8 Å². The number of aryl methyl sites for hydroxylation is 1. The van der Waals surface area contributed by atoms with Crippen molar-refractivity contribution in [2.75, 3.05) is 4.72 Å². The lowest BCUT2D eigenvalue weighted by molar-refractivity contribution is -0.138. The Morgan fingerprint density at radius 3 is 2.30 bits per heavy atom. The Morgan fingerprint density at radius 1 is 1.13 bits per heavy atom. The predicted molar refractivity (Wildman–Crippen MR) is 89.1 cm³/mol. The zero-order valence-corrected chi connectivity index (χ0v) is 13.8. The maximum absolute atomic E-state index is 12.5. The van der Waals surface area contributed by atoms with Gasteiger partial charge >= 0.3 is 5.97 Å². The van der Waals surface area contributed by atoms with Crippen molar-refractivity contribution in [1.29, 1.82) is 0 Å². The van der Waals surface area contributed by atoms with E-state index in [2.05, 4.69) is 4.72 Å². The van der Waals surface area contributed by atoms with Crippen LogP contribution >= 0.6 is 0 Å². The first-order valence-corrected chi connectivity index (χ1v) is 8.77. The van der Waals surface area contributed by atoms with E-state index in [1.165, 1.54) is 0 Å². The summed E-state index contributed by atoms with van der Waals surface area (Å²) in [5.41, 5.74) is 1.77. The van der Waals surface area contributed by atoms with E-state index in [4.69, 9.17) is 5.11 Å². The zero-order valence-electron chi connectivity index (χ0n) is 13.0. The van der Waals surface area contributed by atoms with E-state index < -0.39 is 21.9 Å². The zero-order chi connectivity index (χ0) is 17.0. The summed E-state index contributed by atoms with van der Waals surface area (Å²) in [7, 11) is -3.67. The Bertz CT molecular complexity index is 798. The van der Waals surface area contributed by atoms with Crippen LogP contribution in [0.25, 0.3) is 0 Å². The molecule has 122 valence electrons. The number of aliphatic carboxylic acids is 1. The highest BCUT2D eigenvalue weighted by atomic mass is 32.2. The number of hydrogen-bond acceptors (Lipinski definition) is 3. The van der Waals surface area contributed by atoms with Crippen molar-refractivity contribution in [3.63, 3.8) is 0 Å². The van der Waals surface area contributed by atoms with Gasteiger partial charge in [0.15, 0.2) is 0 Å². The van der Waals surface area contributed by atoms with Gasteiger partial charge in [0.25, 0.3) is 10.0 Å². The minimum absolute atomic E-state index is 0.255. The SMILES string of the molecule is CCc1ccccc1S(=O)(=O)Nc1ccc([C@H](C)C(=O)O)cc1. The summed E-state index contributed by atoms with van der Waals surface area (Å²) in [4.78, 5) is 11.2. The summed E-state index contributed by atoms with van der Waals surface area (Å²) in [6, 6.07) is 13.2. The first kappa shape index (κ1) is 17.0. The molecular weight excluding hydrogens is 314 g/mol. The van der Waals surface area contributed by atoms with Crippen molar-refractivity contribution in [2.24, 2.45) is 0 Å². The Labute approximate surface area is 136 Å².